The van der Waals surface area contributed by atoms with Crippen LogP contribution >= 0.6 is 0 Å². The lowest BCUT2D eigenvalue weighted by molar-refractivity contribution is -0.323. The summed E-state index contributed by atoms with van der Waals surface area (Å²) in [6.07, 6.45) is -2.12. The van der Waals surface area contributed by atoms with Crippen molar-refractivity contribution in [3.63, 3.8) is 0 Å². The van der Waals surface area contributed by atoms with E-state index in [1.807, 2.05) is 0 Å². The van der Waals surface area contributed by atoms with E-state index in [1.54, 1.807) is 0 Å². The van der Waals surface area contributed by atoms with E-state index < -0.39 is 6.36 Å². The molecule has 0 radical (unpaired) electrons. The summed E-state index contributed by atoms with van der Waals surface area (Å²) < 4.78 is 38.3. The summed E-state index contributed by atoms with van der Waals surface area (Å²) in [4.78, 5) is 0. The molecule has 2 N–H and O–H groups in total. The molecule has 0 heterocycles. The maximum atomic E-state index is 11.6. The van der Waals surface area contributed by atoms with Gasteiger partial charge >= 0.3 is 6.36 Å². The topological polar surface area (TPSA) is 41.5 Å². The van der Waals surface area contributed by atoms with Gasteiger partial charge in [0.2, 0.25) is 0 Å². The fourth-order valence-corrected chi connectivity index (χ4v) is 1.78. The second-order valence-corrected chi connectivity index (χ2v) is 3.76. The molecule has 3 nitrogen and oxygen atoms in total. The van der Waals surface area contributed by atoms with Gasteiger partial charge in [-0.05, 0) is 18.8 Å². The molecule has 1 aliphatic rings. The lowest BCUT2D eigenvalue weighted by atomic mass is 10.1. The Labute approximate surface area is 86.6 Å². The summed E-state index contributed by atoms with van der Waals surface area (Å²) in [5.41, 5.74) is 0. The highest BCUT2D eigenvalue weighted by atomic mass is 19.4. The first-order valence-electron chi connectivity index (χ1n) is 5.08. The maximum Gasteiger partial charge on any atom is 0.522 e. The number of rotatable bonds is 5. The van der Waals surface area contributed by atoms with Gasteiger partial charge in [-0.1, -0.05) is 6.42 Å². The van der Waals surface area contributed by atoms with Crippen molar-refractivity contribution in [1.29, 1.82) is 0 Å². The average Bonchev–Trinajstić information content (AvgIpc) is 2.49. The molecule has 1 rings (SSSR count). The minimum absolute atomic E-state index is 0.155. The molecule has 0 aromatic heterocycles. The summed E-state index contributed by atoms with van der Waals surface area (Å²) >= 11 is 0. The summed E-state index contributed by atoms with van der Waals surface area (Å²) in [5.74, 6) is 0.177. The van der Waals surface area contributed by atoms with Crippen LogP contribution in [-0.2, 0) is 4.74 Å². The van der Waals surface area contributed by atoms with Crippen LogP contribution in [0, 0.1) is 5.92 Å². The third kappa shape index (κ3) is 5.34. The van der Waals surface area contributed by atoms with Crippen LogP contribution in [0.1, 0.15) is 19.3 Å². The van der Waals surface area contributed by atoms with Gasteiger partial charge in [0.1, 0.15) is 0 Å². The molecule has 0 aromatic carbocycles. The van der Waals surface area contributed by atoms with Crippen molar-refractivity contribution in [3.8, 4) is 0 Å². The summed E-state index contributed by atoms with van der Waals surface area (Å²) in [6.45, 7) is 0.331. The Morgan fingerprint density at radius 3 is 2.60 bits per heavy atom. The summed E-state index contributed by atoms with van der Waals surface area (Å²) in [6, 6.07) is 0. The molecule has 2 atom stereocenters. The van der Waals surface area contributed by atoms with Crippen molar-refractivity contribution < 1.29 is 23.0 Å². The van der Waals surface area contributed by atoms with Crippen molar-refractivity contribution in [2.24, 2.45) is 5.92 Å². The van der Waals surface area contributed by atoms with Gasteiger partial charge in [-0.3, -0.25) is 4.74 Å². The second-order valence-electron chi connectivity index (χ2n) is 3.76. The van der Waals surface area contributed by atoms with Gasteiger partial charge < -0.3 is 10.4 Å². The van der Waals surface area contributed by atoms with Crippen molar-refractivity contribution in [1.82, 2.24) is 5.32 Å². The zero-order chi connectivity index (χ0) is 11.3. The molecule has 0 spiro atoms. The Kier molecular flexibility index (Phi) is 4.82. The van der Waals surface area contributed by atoms with Crippen LogP contribution in [0.3, 0.4) is 0 Å². The van der Waals surface area contributed by atoms with Crippen LogP contribution in [0.2, 0.25) is 0 Å². The third-order valence-electron chi connectivity index (χ3n) is 2.57. The predicted molar refractivity (Wildman–Crippen MR) is 48.2 cm³/mol. The number of ether oxygens (including phenoxy) is 1. The van der Waals surface area contributed by atoms with Crippen molar-refractivity contribution in [3.05, 3.63) is 0 Å². The largest absolute Gasteiger partial charge is 0.522 e. The fourth-order valence-electron chi connectivity index (χ4n) is 1.78. The number of alkyl halides is 3. The average molecular weight is 227 g/mol. The summed E-state index contributed by atoms with van der Waals surface area (Å²) in [7, 11) is 0. The van der Waals surface area contributed by atoms with Crippen LogP contribution < -0.4 is 5.32 Å². The van der Waals surface area contributed by atoms with Crippen molar-refractivity contribution in [2.75, 3.05) is 19.7 Å². The Balaban J connectivity index is 1.97. The Hall–Kier alpha value is -0.330. The molecule has 90 valence electrons. The molecule has 1 saturated carbocycles. The zero-order valence-corrected chi connectivity index (χ0v) is 8.39. The van der Waals surface area contributed by atoms with E-state index >= 15 is 0 Å². The van der Waals surface area contributed by atoms with Crippen LogP contribution in [-0.4, -0.2) is 37.3 Å². The van der Waals surface area contributed by atoms with E-state index in [2.05, 4.69) is 10.1 Å². The number of nitrogens with one attached hydrogen (secondary N) is 1. The van der Waals surface area contributed by atoms with E-state index in [0.29, 0.717) is 6.54 Å². The molecular formula is C9H16F3NO2. The number of hydrogen-bond donors (Lipinski definition) is 2. The molecule has 1 fully saturated rings. The van der Waals surface area contributed by atoms with E-state index in [9.17, 15) is 18.3 Å². The molecular weight excluding hydrogens is 211 g/mol. The molecule has 0 amide bonds. The number of halogens is 3. The Bertz CT molecular complexity index is 187. The molecule has 1 aliphatic carbocycles. The summed E-state index contributed by atoms with van der Waals surface area (Å²) in [5, 5.41) is 12.3. The van der Waals surface area contributed by atoms with Crippen molar-refractivity contribution >= 4 is 0 Å². The number of hydrogen-bond acceptors (Lipinski definition) is 3. The first kappa shape index (κ1) is 12.7. The Morgan fingerprint density at radius 2 is 2.07 bits per heavy atom. The fraction of sp³-hybridized carbons (Fsp3) is 1.00. The molecule has 15 heavy (non-hydrogen) atoms. The van der Waals surface area contributed by atoms with E-state index in [4.69, 9.17) is 0 Å². The number of aliphatic hydroxyl groups is 1. The highest BCUT2D eigenvalue weighted by molar-refractivity contribution is 4.77. The normalized spacial score (nSPS) is 27.2. The first-order valence-corrected chi connectivity index (χ1v) is 5.08. The van der Waals surface area contributed by atoms with Gasteiger partial charge in [0.25, 0.3) is 0 Å². The van der Waals surface area contributed by atoms with E-state index in [1.165, 1.54) is 0 Å². The molecule has 2 unspecified atom stereocenters. The molecule has 0 saturated heterocycles. The SMILES string of the molecule is OC1CCCC1CNCCOC(F)(F)F. The minimum atomic E-state index is -4.55. The lowest BCUT2D eigenvalue weighted by Gasteiger charge is -2.15. The van der Waals surface area contributed by atoms with Gasteiger partial charge in [0.15, 0.2) is 0 Å². The third-order valence-corrected chi connectivity index (χ3v) is 2.57. The highest BCUT2D eigenvalue weighted by Gasteiger charge is 2.28. The Morgan fingerprint density at radius 1 is 1.33 bits per heavy atom. The van der Waals surface area contributed by atoms with Crippen LogP contribution in [0.15, 0.2) is 0 Å². The van der Waals surface area contributed by atoms with Crippen LogP contribution in [0.5, 0.6) is 0 Å². The van der Waals surface area contributed by atoms with Gasteiger partial charge in [-0.25, -0.2) is 0 Å². The molecule has 0 bridgehead atoms. The smallest absolute Gasteiger partial charge is 0.393 e. The van der Waals surface area contributed by atoms with Gasteiger partial charge in [-0.15, -0.1) is 13.2 Å². The first-order chi connectivity index (χ1) is 6.99. The maximum absolute atomic E-state index is 11.6. The molecule has 0 aliphatic heterocycles. The number of aliphatic hydroxyl groups excluding tert-OH is 1. The van der Waals surface area contributed by atoms with Crippen molar-refractivity contribution in [2.45, 2.75) is 31.7 Å². The predicted octanol–water partition coefficient (Wildman–Crippen LogP) is 1.27. The van der Waals surface area contributed by atoms with Crippen LogP contribution in [0.4, 0.5) is 13.2 Å². The minimum Gasteiger partial charge on any atom is -0.393 e. The van der Waals surface area contributed by atoms with Crippen LogP contribution in [0.25, 0.3) is 0 Å². The van der Waals surface area contributed by atoms with Gasteiger partial charge in [-0.2, -0.15) is 0 Å². The van der Waals surface area contributed by atoms with Gasteiger partial charge in [0.05, 0.1) is 12.7 Å². The standard InChI is InChI=1S/C9H16F3NO2/c10-9(11,12)15-5-4-13-6-7-2-1-3-8(7)14/h7-8,13-14H,1-6H2. The zero-order valence-electron chi connectivity index (χ0n) is 8.39. The second kappa shape index (κ2) is 5.67. The van der Waals surface area contributed by atoms with E-state index in [0.717, 1.165) is 19.3 Å². The highest BCUT2D eigenvalue weighted by Crippen LogP contribution is 2.24. The monoisotopic (exact) mass is 227 g/mol. The van der Waals surface area contributed by atoms with E-state index in [-0.39, 0.29) is 25.2 Å². The quantitative estimate of drug-likeness (QED) is 0.695. The van der Waals surface area contributed by atoms with Gasteiger partial charge in [0, 0.05) is 13.1 Å². The lowest BCUT2D eigenvalue weighted by Crippen LogP contribution is -2.31. The molecule has 6 heteroatoms. The molecule has 0 aromatic rings.